The van der Waals surface area contributed by atoms with Crippen molar-refractivity contribution < 1.29 is 13.9 Å². The summed E-state index contributed by atoms with van der Waals surface area (Å²) in [6, 6.07) is 13.0. The highest BCUT2D eigenvalue weighted by Crippen LogP contribution is 2.23. The Bertz CT molecular complexity index is 641. The van der Waals surface area contributed by atoms with Crippen LogP contribution in [0.5, 0.6) is 11.5 Å². The minimum atomic E-state index is -0.304. The van der Waals surface area contributed by atoms with Gasteiger partial charge in [0.25, 0.3) is 0 Å². The van der Waals surface area contributed by atoms with E-state index in [4.69, 9.17) is 4.74 Å². The van der Waals surface area contributed by atoms with Gasteiger partial charge in [0.05, 0.1) is 5.57 Å². The molecule has 108 valence electrons. The monoisotopic (exact) mass is 285 g/mol. The van der Waals surface area contributed by atoms with Crippen molar-refractivity contribution in [1.82, 2.24) is 4.90 Å². The molecule has 3 nitrogen and oxygen atoms in total. The summed E-state index contributed by atoms with van der Waals surface area (Å²) in [5.74, 6) is 2.85. The van der Waals surface area contributed by atoms with Gasteiger partial charge in [0, 0.05) is 6.54 Å². The average molecular weight is 285 g/mol. The summed E-state index contributed by atoms with van der Waals surface area (Å²) in [5.41, 5.74) is 1.40. The van der Waals surface area contributed by atoms with Gasteiger partial charge in [-0.3, -0.25) is 0 Å². The van der Waals surface area contributed by atoms with Crippen LogP contribution in [0.15, 0.2) is 48.5 Å². The van der Waals surface area contributed by atoms with E-state index in [2.05, 4.69) is 0 Å². The van der Waals surface area contributed by atoms with Crippen molar-refractivity contribution in [3.63, 3.8) is 0 Å². The number of hydrogen-bond donors (Lipinski definition) is 0. The zero-order valence-electron chi connectivity index (χ0n) is 12.0. The molecule has 0 saturated heterocycles. The quantitative estimate of drug-likeness (QED) is 0.789. The Labute approximate surface area is 123 Å². The number of ether oxygens (including phenoxy) is 1. The topological polar surface area (TPSA) is 29.5 Å². The second-order valence-electron chi connectivity index (χ2n) is 4.90. The predicted octanol–water partition coefficient (Wildman–Crippen LogP) is 3.39. The fourth-order valence-electron chi connectivity index (χ4n) is 1.86. The first-order valence-corrected chi connectivity index (χ1v) is 6.51. The van der Waals surface area contributed by atoms with Crippen LogP contribution in [0, 0.1) is 5.82 Å². The molecular weight excluding hydrogens is 269 g/mol. The highest BCUT2D eigenvalue weighted by molar-refractivity contribution is 5.88. The Morgan fingerprint density at radius 2 is 1.57 bits per heavy atom. The highest BCUT2D eigenvalue weighted by Gasteiger charge is 2.05. The summed E-state index contributed by atoms with van der Waals surface area (Å²) in [5, 5.41) is 0. The first-order chi connectivity index (χ1) is 10.1. The van der Waals surface area contributed by atoms with Crippen LogP contribution in [0.25, 0.3) is 5.57 Å². The van der Waals surface area contributed by atoms with Gasteiger partial charge in [-0.25, -0.2) is 9.18 Å². The van der Waals surface area contributed by atoms with E-state index >= 15 is 0 Å². The third kappa shape index (κ3) is 4.28. The SMILES string of the molecule is CN(C)CC(=C=O)c1ccc(Oc2ccc(F)cc2)cc1. The number of rotatable bonds is 5. The van der Waals surface area contributed by atoms with Gasteiger partial charge in [-0.2, -0.15) is 0 Å². The lowest BCUT2D eigenvalue weighted by molar-refractivity contribution is 0.462. The lowest BCUT2D eigenvalue weighted by Gasteiger charge is -2.11. The highest BCUT2D eigenvalue weighted by atomic mass is 19.1. The molecule has 0 aliphatic carbocycles. The molecule has 2 aromatic rings. The van der Waals surface area contributed by atoms with Crippen LogP contribution < -0.4 is 4.74 Å². The molecule has 0 bridgehead atoms. The molecule has 2 aromatic carbocycles. The molecule has 0 unspecified atom stereocenters. The molecule has 21 heavy (non-hydrogen) atoms. The van der Waals surface area contributed by atoms with E-state index in [0.717, 1.165) is 5.56 Å². The normalized spacial score (nSPS) is 10.3. The number of hydrogen-bond acceptors (Lipinski definition) is 3. The molecule has 0 fully saturated rings. The third-order valence-corrected chi connectivity index (χ3v) is 2.85. The summed E-state index contributed by atoms with van der Waals surface area (Å²) in [4.78, 5) is 12.9. The van der Waals surface area contributed by atoms with Gasteiger partial charge in [-0.15, -0.1) is 0 Å². The van der Waals surface area contributed by atoms with Crippen molar-refractivity contribution >= 4 is 11.5 Å². The number of halogens is 1. The van der Waals surface area contributed by atoms with Crippen molar-refractivity contribution in [2.45, 2.75) is 0 Å². The number of carbonyl (C=O) groups excluding carboxylic acids is 1. The van der Waals surface area contributed by atoms with Crippen molar-refractivity contribution in [2.75, 3.05) is 20.6 Å². The zero-order chi connectivity index (χ0) is 15.2. The van der Waals surface area contributed by atoms with Crippen LogP contribution in [0.3, 0.4) is 0 Å². The summed E-state index contributed by atoms with van der Waals surface area (Å²) < 4.78 is 18.4. The zero-order valence-corrected chi connectivity index (χ0v) is 12.0. The minimum absolute atomic E-state index is 0.304. The van der Waals surface area contributed by atoms with Crippen LogP contribution >= 0.6 is 0 Å². The molecule has 0 aliphatic heterocycles. The van der Waals surface area contributed by atoms with Crippen LogP contribution in [0.4, 0.5) is 4.39 Å². The molecule has 0 aromatic heterocycles. The van der Waals surface area contributed by atoms with E-state index in [1.807, 2.05) is 37.1 Å². The summed E-state index contributed by atoms with van der Waals surface area (Å²) in [6.07, 6.45) is 0. The molecular formula is C17H16FNO2. The Morgan fingerprint density at radius 1 is 1.05 bits per heavy atom. The number of nitrogens with zero attached hydrogens (tertiary/aromatic N) is 1. The second-order valence-corrected chi connectivity index (χ2v) is 4.90. The van der Waals surface area contributed by atoms with Crippen molar-refractivity contribution in [1.29, 1.82) is 0 Å². The van der Waals surface area contributed by atoms with Gasteiger partial charge in [-0.05, 0) is 56.1 Å². The van der Waals surface area contributed by atoms with Crippen molar-refractivity contribution in [2.24, 2.45) is 0 Å². The Morgan fingerprint density at radius 3 is 2.05 bits per heavy atom. The van der Waals surface area contributed by atoms with Gasteiger partial charge >= 0.3 is 0 Å². The minimum Gasteiger partial charge on any atom is -0.457 e. The maximum Gasteiger partial charge on any atom is 0.129 e. The molecule has 0 N–H and O–H groups in total. The molecule has 0 spiro atoms. The maximum absolute atomic E-state index is 12.8. The average Bonchev–Trinajstić information content (AvgIpc) is 2.48. The van der Waals surface area contributed by atoms with E-state index in [1.165, 1.54) is 12.1 Å². The number of benzene rings is 2. The standard InChI is InChI=1S/C17H16FNO2/c1-19(2)11-14(12-20)13-3-7-16(8-4-13)21-17-9-5-15(18)6-10-17/h3-10H,11H2,1-2H3. The fraction of sp³-hybridized carbons (Fsp3) is 0.176. The van der Waals surface area contributed by atoms with Crippen LogP contribution in [-0.4, -0.2) is 31.5 Å². The molecule has 2 rings (SSSR count). The first kappa shape index (κ1) is 15.0. The number of likely N-dealkylation sites (N-methyl/N-ethyl adjacent to an activating group) is 1. The van der Waals surface area contributed by atoms with E-state index in [1.54, 1.807) is 24.3 Å². The molecule has 0 heterocycles. The Balaban J connectivity index is 2.11. The fourth-order valence-corrected chi connectivity index (χ4v) is 1.86. The van der Waals surface area contributed by atoms with Crippen LogP contribution in [0.1, 0.15) is 5.56 Å². The Kier molecular flexibility index (Phi) is 4.88. The maximum atomic E-state index is 12.8. The molecule has 0 saturated carbocycles. The predicted molar refractivity (Wildman–Crippen MR) is 80.6 cm³/mol. The molecule has 0 amide bonds. The second kappa shape index (κ2) is 6.84. The molecule has 4 heteroatoms. The van der Waals surface area contributed by atoms with E-state index in [-0.39, 0.29) is 5.82 Å². The smallest absolute Gasteiger partial charge is 0.129 e. The summed E-state index contributed by atoms with van der Waals surface area (Å²) >= 11 is 0. The van der Waals surface area contributed by atoms with Crippen LogP contribution in [0.2, 0.25) is 0 Å². The lowest BCUT2D eigenvalue weighted by Crippen LogP contribution is -2.14. The van der Waals surface area contributed by atoms with E-state index in [0.29, 0.717) is 23.6 Å². The van der Waals surface area contributed by atoms with Gasteiger partial charge in [-0.1, -0.05) is 12.1 Å². The van der Waals surface area contributed by atoms with Crippen molar-refractivity contribution in [3.8, 4) is 11.5 Å². The van der Waals surface area contributed by atoms with Gasteiger partial charge in [0.2, 0.25) is 0 Å². The molecule has 0 atom stereocenters. The van der Waals surface area contributed by atoms with Crippen molar-refractivity contribution in [3.05, 3.63) is 59.9 Å². The van der Waals surface area contributed by atoms with Gasteiger partial charge in [0.15, 0.2) is 0 Å². The molecule has 0 aliphatic rings. The lowest BCUT2D eigenvalue weighted by atomic mass is 10.1. The van der Waals surface area contributed by atoms with Gasteiger partial charge in [0.1, 0.15) is 23.3 Å². The van der Waals surface area contributed by atoms with E-state index in [9.17, 15) is 9.18 Å². The van der Waals surface area contributed by atoms with E-state index < -0.39 is 0 Å². The summed E-state index contributed by atoms with van der Waals surface area (Å²) in [7, 11) is 3.78. The first-order valence-electron chi connectivity index (χ1n) is 6.51. The van der Waals surface area contributed by atoms with Gasteiger partial charge < -0.3 is 9.64 Å². The Hall–Kier alpha value is -2.42. The third-order valence-electron chi connectivity index (χ3n) is 2.85. The van der Waals surface area contributed by atoms with Crippen LogP contribution in [-0.2, 0) is 4.79 Å². The molecule has 0 radical (unpaired) electrons. The largest absolute Gasteiger partial charge is 0.457 e. The summed E-state index contributed by atoms with van der Waals surface area (Å²) in [6.45, 7) is 0.529.